The highest BCUT2D eigenvalue weighted by Crippen LogP contribution is 2.15. The van der Waals surface area contributed by atoms with Crippen molar-refractivity contribution >= 4 is 25.6 Å². The van der Waals surface area contributed by atoms with Gasteiger partial charge >= 0.3 is 0 Å². The number of carbonyl (C=O) groups is 1. The normalized spacial score (nSPS) is 13.1. The minimum atomic E-state index is -3.73. The number of carbonyl (C=O) groups excluding carboxylic acids is 1. The second kappa shape index (κ2) is 5.48. The summed E-state index contributed by atoms with van der Waals surface area (Å²) in [6.45, 7) is 1.30. The molecule has 94 valence electrons. The van der Waals surface area contributed by atoms with Crippen LogP contribution in [-0.2, 0) is 20.3 Å². The van der Waals surface area contributed by atoms with Crippen LogP contribution in [0.1, 0.15) is 12.5 Å². The van der Waals surface area contributed by atoms with E-state index in [1.807, 2.05) is 0 Å². The molecule has 1 aromatic carbocycles. The SMILES string of the molecule is CC(=O)NC(O)Cc1ccc(S(=O)(=O)Cl)cc1. The van der Waals surface area contributed by atoms with Crippen LogP contribution in [0, 0.1) is 0 Å². The van der Waals surface area contributed by atoms with Gasteiger partial charge in [-0.25, -0.2) is 8.42 Å². The summed E-state index contributed by atoms with van der Waals surface area (Å²) in [6, 6.07) is 5.75. The van der Waals surface area contributed by atoms with Crippen LogP contribution >= 0.6 is 10.7 Å². The van der Waals surface area contributed by atoms with Gasteiger partial charge in [0.25, 0.3) is 9.05 Å². The Morgan fingerprint density at radius 1 is 1.41 bits per heavy atom. The first-order valence-corrected chi connectivity index (χ1v) is 7.09. The fourth-order valence-electron chi connectivity index (χ4n) is 1.30. The summed E-state index contributed by atoms with van der Waals surface area (Å²) in [7, 11) is 1.42. The molecule has 0 aromatic heterocycles. The smallest absolute Gasteiger partial charge is 0.261 e. The molecular weight excluding hydrogens is 266 g/mol. The maximum Gasteiger partial charge on any atom is 0.261 e. The van der Waals surface area contributed by atoms with Crippen LogP contribution in [0.5, 0.6) is 0 Å². The summed E-state index contributed by atoms with van der Waals surface area (Å²) in [5.41, 5.74) is 0.690. The van der Waals surface area contributed by atoms with Gasteiger partial charge in [-0.05, 0) is 17.7 Å². The molecule has 5 nitrogen and oxygen atoms in total. The Bertz CT molecular complexity index is 498. The Morgan fingerprint density at radius 2 is 1.94 bits per heavy atom. The van der Waals surface area contributed by atoms with Gasteiger partial charge in [-0.1, -0.05) is 12.1 Å². The molecule has 0 aliphatic heterocycles. The third-order valence-corrected chi connectivity index (χ3v) is 3.37. The molecule has 0 aliphatic rings. The molecule has 1 rings (SSSR count). The first kappa shape index (κ1) is 14.0. The lowest BCUT2D eigenvalue weighted by atomic mass is 10.1. The molecule has 0 heterocycles. The van der Waals surface area contributed by atoms with Crippen LogP contribution in [0.4, 0.5) is 0 Å². The molecule has 0 saturated carbocycles. The maximum absolute atomic E-state index is 11.0. The van der Waals surface area contributed by atoms with E-state index in [1.54, 1.807) is 0 Å². The molecule has 1 amide bonds. The third-order valence-electron chi connectivity index (χ3n) is 2.00. The zero-order chi connectivity index (χ0) is 13.1. The average molecular weight is 278 g/mol. The maximum atomic E-state index is 11.0. The quantitative estimate of drug-likeness (QED) is 0.624. The Labute approximate surface area is 104 Å². The van der Waals surface area contributed by atoms with Crippen molar-refractivity contribution in [1.82, 2.24) is 5.32 Å². The van der Waals surface area contributed by atoms with Crippen molar-refractivity contribution < 1.29 is 18.3 Å². The Kier molecular flexibility index (Phi) is 4.50. The standard InChI is InChI=1S/C10H12ClNO4S/c1-7(13)12-10(14)6-8-2-4-9(5-3-8)17(11,15)16/h2-5,10,14H,6H2,1H3,(H,12,13). The summed E-state index contributed by atoms with van der Waals surface area (Å²) < 4.78 is 21.9. The van der Waals surface area contributed by atoms with Crippen molar-refractivity contribution in [3.05, 3.63) is 29.8 Å². The zero-order valence-corrected chi connectivity index (χ0v) is 10.6. The molecule has 0 spiro atoms. The Hall–Kier alpha value is -1.11. The van der Waals surface area contributed by atoms with Crippen LogP contribution < -0.4 is 5.32 Å². The summed E-state index contributed by atoms with van der Waals surface area (Å²) in [5.74, 6) is -0.336. The largest absolute Gasteiger partial charge is 0.373 e. The van der Waals surface area contributed by atoms with E-state index in [9.17, 15) is 18.3 Å². The van der Waals surface area contributed by atoms with E-state index in [2.05, 4.69) is 5.32 Å². The van der Waals surface area contributed by atoms with E-state index in [0.717, 1.165) is 0 Å². The summed E-state index contributed by atoms with van der Waals surface area (Å²) in [4.78, 5) is 10.7. The molecule has 0 saturated heterocycles. The number of nitrogens with one attached hydrogen (secondary N) is 1. The van der Waals surface area contributed by atoms with Crippen LogP contribution in [-0.4, -0.2) is 25.7 Å². The molecule has 0 bridgehead atoms. The fourth-order valence-corrected chi connectivity index (χ4v) is 2.07. The van der Waals surface area contributed by atoms with Crippen molar-refractivity contribution in [3.8, 4) is 0 Å². The first-order chi connectivity index (χ1) is 7.79. The van der Waals surface area contributed by atoms with Crippen molar-refractivity contribution in [2.24, 2.45) is 0 Å². The Balaban J connectivity index is 2.72. The van der Waals surface area contributed by atoms with Gasteiger partial charge in [0.15, 0.2) is 0 Å². The van der Waals surface area contributed by atoms with Gasteiger partial charge in [0.1, 0.15) is 6.23 Å². The molecule has 1 aromatic rings. The lowest BCUT2D eigenvalue weighted by molar-refractivity contribution is -0.121. The van der Waals surface area contributed by atoms with Gasteiger partial charge in [-0.3, -0.25) is 4.79 Å². The molecule has 0 fully saturated rings. The summed E-state index contributed by atoms with van der Waals surface area (Å²) in [6.07, 6.45) is -0.798. The van der Waals surface area contributed by atoms with Crippen LogP contribution in [0.25, 0.3) is 0 Å². The lowest BCUT2D eigenvalue weighted by Crippen LogP contribution is -2.34. The van der Waals surface area contributed by atoms with Gasteiger partial charge in [0.2, 0.25) is 5.91 Å². The number of hydrogen-bond acceptors (Lipinski definition) is 4. The summed E-state index contributed by atoms with van der Waals surface area (Å²) >= 11 is 0. The number of aliphatic hydroxyl groups is 1. The highest BCUT2D eigenvalue weighted by atomic mass is 35.7. The van der Waals surface area contributed by atoms with Crippen molar-refractivity contribution in [2.45, 2.75) is 24.5 Å². The van der Waals surface area contributed by atoms with Gasteiger partial charge in [0, 0.05) is 24.0 Å². The van der Waals surface area contributed by atoms with Crippen LogP contribution in [0.2, 0.25) is 0 Å². The minimum absolute atomic E-state index is 0.00284. The average Bonchev–Trinajstić information content (AvgIpc) is 2.15. The van der Waals surface area contributed by atoms with Crippen LogP contribution in [0.3, 0.4) is 0 Å². The van der Waals surface area contributed by atoms with E-state index in [1.165, 1.54) is 31.2 Å². The first-order valence-electron chi connectivity index (χ1n) is 4.78. The van der Waals surface area contributed by atoms with Gasteiger partial charge in [0.05, 0.1) is 4.90 Å². The van der Waals surface area contributed by atoms with E-state index in [0.29, 0.717) is 5.56 Å². The second-order valence-corrected chi connectivity index (χ2v) is 6.07. The molecule has 0 radical (unpaired) electrons. The molecule has 2 N–H and O–H groups in total. The molecule has 17 heavy (non-hydrogen) atoms. The molecule has 0 aliphatic carbocycles. The predicted molar refractivity (Wildman–Crippen MR) is 63.0 cm³/mol. The highest BCUT2D eigenvalue weighted by molar-refractivity contribution is 8.13. The third kappa shape index (κ3) is 4.72. The van der Waals surface area contributed by atoms with Crippen molar-refractivity contribution in [2.75, 3.05) is 0 Å². The van der Waals surface area contributed by atoms with Crippen LogP contribution in [0.15, 0.2) is 29.2 Å². The number of hydrogen-bond donors (Lipinski definition) is 2. The predicted octanol–water partition coefficient (Wildman–Crippen LogP) is 0.611. The molecular formula is C10H12ClNO4S. The van der Waals surface area contributed by atoms with Gasteiger partial charge in [-0.2, -0.15) is 0 Å². The second-order valence-electron chi connectivity index (χ2n) is 3.50. The molecule has 1 atom stereocenters. The number of benzene rings is 1. The van der Waals surface area contributed by atoms with E-state index < -0.39 is 15.3 Å². The van der Waals surface area contributed by atoms with Crippen molar-refractivity contribution in [3.63, 3.8) is 0 Å². The van der Waals surface area contributed by atoms with E-state index in [-0.39, 0.29) is 17.2 Å². The highest BCUT2D eigenvalue weighted by Gasteiger charge is 2.10. The lowest BCUT2D eigenvalue weighted by Gasteiger charge is -2.11. The zero-order valence-electron chi connectivity index (χ0n) is 9.05. The number of halogens is 1. The van der Waals surface area contributed by atoms with Crippen molar-refractivity contribution in [1.29, 1.82) is 0 Å². The topological polar surface area (TPSA) is 83.5 Å². The van der Waals surface area contributed by atoms with E-state index in [4.69, 9.17) is 10.7 Å². The fraction of sp³-hybridized carbons (Fsp3) is 0.300. The van der Waals surface area contributed by atoms with Gasteiger partial charge in [-0.15, -0.1) is 0 Å². The molecule has 1 unspecified atom stereocenters. The number of rotatable bonds is 4. The minimum Gasteiger partial charge on any atom is -0.373 e. The monoisotopic (exact) mass is 277 g/mol. The number of aliphatic hydroxyl groups excluding tert-OH is 1. The van der Waals surface area contributed by atoms with Gasteiger partial charge < -0.3 is 10.4 Å². The summed E-state index contributed by atoms with van der Waals surface area (Å²) in [5, 5.41) is 11.7. The van der Waals surface area contributed by atoms with E-state index >= 15 is 0 Å². The Morgan fingerprint density at radius 3 is 2.35 bits per heavy atom. The number of amides is 1. The molecule has 7 heteroatoms.